The summed E-state index contributed by atoms with van der Waals surface area (Å²) in [5, 5.41) is 20.7. The number of aliphatic carboxylic acids is 2. The lowest BCUT2D eigenvalue weighted by Gasteiger charge is -2.17. The van der Waals surface area contributed by atoms with Crippen molar-refractivity contribution in [3.63, 3.8) is 0 Å². The Bertz CT molecular complexity index is 424. The summed E-state index contributed by atoms with van der Waals surface area (Å²) < 4.78 is 0. The zero-order chi connectivity index (χ0) is 15.2. The van der Waals surface area contributed by atoms with E-state index < -0.39 is 40.0 Å². The minimum Gasteiger partial charge on any atom is -0.481 e. The van der Waals surface area contributed by atoms with Crippen LogP contribution in [0.3, 0.4) is 0 Å². The van der Waals surface area contributed by atoms with Gasteiger partial charge in [-0.15, -0.1) is 0 Å². The summed E-state index contributed by atoms with van der Waals surface area (Å²) in [6.07, 6.45) is 0. The molecule has 0 spiro atoms. The van der Waals surface area contributed by atoms with Gasteiger partial charge in [-0.3, -0.25) is 14.4 Å². The van der Waals surface area contributed by atoms with Crippen LogP contribution in [0.5, 0.6) is 0 Å². The molecule has 1 aliphatic carbocycles. The smallest absolute Gasteiger partial charge is 0.320 e. The van der Waals surface area contributed by atoms with Crippen molar-refractivity contribution < 1.29 is 24.6 Å². The second kappa shape index (κ2) is 4.21. The lowest BCUT2D eigenvalue weighted by Crippen LogP contribution is -2.43. The predicted molar refractivity (Wildman–Crippen MR) is 67.4 cm³/mol. The molecule has 0 aliphatic heterocycles. The number of hydrogen-bond acceptors (Lipinski definition) is 3. The number of carboxylic acids is 2. The Balaban J connectivity index is 2.91. The molecule has 19 heavy (non-hydrogen) atoms. The minimum atomic E-state index is -1.50. The number of amides is 1. The predicted octanol–water partition coefficient (Wildman–Crippen LogP) is 0.960. The monoisotopic (exact) mass is 271 g/mol. The van der Waals surface area contributed by atoms with E-state index >= 15 is 0 Å². The zero-order valence-corrected chi connectivity index (χ0v) is 11.9. The second-order valence-corrected chi connectivity index (χ2v) is 6.25. The Morgan fingerprint density at radius 3 is 1.74 bits per heavy atom. The maximum Gasteiger partial charge on any atom is 0.320 e. The van der Waals surface area contributed by atoms with Crippen molar-refractivity contribution in [2.75, 3.05) is 6.54 Å². The van der Waals surface area contributed by atoms with Crippen molar-refractivity contribution in [2.45, 2.75) is 34.6 Å². The first kappa shape index (κ1) is 15.5. The molecule has 6 heteroatoms. The van der Waals surface area contributed by atoms with Crippen LogP contribution < -0.4 is 5.32 Å². The molecule has 1 rings (SSSR count). The molecule has 3 N–H and O–H groups in total. The minimum absolute atomic E-state index is 0.0741. The number of carbonyl (C=O) groups excluding carboxylic acids is 1. The molecule has 1 atom stereocenters. The third kappa shape index (κ3) is 1.73. The van der Waals surface area contributed by atoms with Gasteiger partial charge in [0.1, 0.15) is 0 Å². The van der Waals surface area contributed by atoms with Crippen LogP contribution in [0.1, 0.15) is 34.6 Å². The van der Waals surface area contributed by atoms with Gasteiger partial charge < -0.3 is 15.5 Å². The molecule has 1 saturated carbocycles. The van der Waals surface area contributed by atoms with E-state index in [0.717, 1.165) is 0 Å². The van der Waals surface area contributed by atoms with Gasteiger partial charge in [-0.05, 0) is 10.8 Å². The highest BCUT2D eigenvalue weighted by Gasteiger charge is 2.85. The van der Waals surface area contributed by atoms with Gasteiger partial charge in [-0.2, -0.15) is 0 Å². The summed E-state index contributed by atoms with van der Waals surface area (Å²) >= 11 is 0. The fourth-order valence-corrected chi connectivity index (χ4v) is 2.98. The number of nitrogens with one attached hydrogen (secondary N) is 1. The van der Waals surface area contributed by atoms with Crippen LogP contribution in [0.4, 0.5) is 0 Å². The molecular formula is C13H21NO5. The molecule has 0 aromatic heterocycles. The quantitative estimate of drug-likeness (QED) is 0.646. The van der Waals surface area contributed by atoms with Crippen molar-refractivity contribution in [1.29, 1.82) is 0 Å². The van der Waals surface area contributed by atoms with E-state index in [-0.39, 0.29) is 6.54 Å². The maximum absolute atomic E-state index is 12.2. The molecule has 108 valence electrons. The van der Waals surface area contributed by atoms with Gasteiger partial charge in [-0.1, -0.05) is 34.6 Å². The number of hydrogen-bond donors (Lipinski definition) is 3. The highest BCUT2D eigenvalue weighted by Crippen LogP contribution is 2.77. The first-order valence-electron chi connectivity index (χ1n) is 6.19. The third-order valence-corrected chi connectivity index (χ3v) is 5.03. The Morgan fingerprint density at radius 1 is 1.05 bits per heavy atom. The second-order valence-electron chi connectivity index (χ2n) is 6.25. The molecule has 1 amide bonds. The maximum atomic E-state index is 12.2. The first-order valence-corrected chi connectivity index (χ1v) is 6.19. The van der Waals surface area contributed by atoms with Crippen LogP contribution in [0.25, 0.3) is 0 Å². The molecule has 0 unspecified atom stereocenters. The van der Waals surface area contributed by atoms with Crippen LogP contribution in [0, 0.1) is 22.2 Å². The summed E-state index contributed by atoms with van der Waals surface area (Å²) in [6, 6.07) is 0. The van der Waals surface area contributed by atoms with E-state index in [1.54, 1.807) is 27.7 Å². The van der Waals surface area contributed by atoms with Gasteiger partial charge in [0.25, 0.3) is 0 Å². The van der Waals surface area contributed by atoms with Crippen LogP contribution in [-0.4, -0.2) is 34.6 Å². The van der Waals surface area contributed by atoms with E-state index in [9.17, 15) is 19.5 Å². The van der Waals surface area contributed by atoms with E-state index in [2.05, 4.69) is 5.32 Å². The largest absolute Gasteiger partial charge is 0.481 e. The molecule has 0 bridgehead atoms. The van der Waals surface area contributed by atoms with E-state index in [0.29, 0.717) is 0 Å². The molecule has 1 aliphatic rings. The van der Waals surface area contributed by atoms with Gasteiger partial charge in [0.15, 0.2) is 5.41 Å². The number of rotatable bonds is 5. The molecule has 6 nitrogen and oxygen atoms in total. The molecular weight excluding hydrogens is 250 g/mol. The highest BCUT2D eigenvalue weighted by molar-refractivity contribution is 6.08. The van der Waals surface area contributed by atoms with E-state index in [4.69, 9.17) is 5.11 Å². The fourth-order valence-electron chi connectivity index (χ4n) is 2.98. The van der Waals surface area contributed by atoms with Crippen molar-refractivity contribution in [3.8, 4) is 0 Å². The fraction of sp³-hybridized carbons (Fsp3) is 0.769. The van der Waals surface area contributed by atoms with Gasteiger partial charge in [0, 0.05) is 6.54 Å². The Morgan fingerprint density at radius 2 is 1.47 bits per heavy atom. The van der Waals surface area contributed by atoms with Gasteiger partial charge in [0.05, 0.1) is 5.92 Å². The molecule has 0 heterocycles. The molecule has 0 aromatic carbocycles. The Kier molecular flexibility index (Phi) is 3.43. The summed E-state index contributed by atoms with van der Waals surface area (Å²) in [7, 11) is 0. The lowest BCUT2D eigenvalue weighted by atomic mass is 9.93. The van der Waals surface area contributed by atoms with Crippen LogP contribution in [-0.2, 0) is 14.4 Å². The topological polar surface area (TPSA) is 104 Å². The normalized spacial score (nSPS) is 23.2. The molecule has 0 radical (unpaired) electrons. The summed E-state index contributed by atoms with van der Waals surface area (Å²) in [5.74, 6) is -3.55. The standard InChI is InChI=1S/C13H21NO5/c1-7(8(15)16)6-14-9(17)13(10(18)19)11(2,3)12(13,4)5/h7H,6H2,1-5H3,(H,14,17)(H,15,16)(H,18,19)/t7-/m1/s1. The first-order chi connectivity index (χ1) is 8.44. The summed E-state index contributed by atoms with van der Waals surface area (Å²) in [5.41, 5.74) is -2.86. The summed E-state index contributed by atoms with van der Waals surface area (Å²) in [6.45, 7) is 8.33. The SMILES string of the molecule is C[C@H](CNC(=O)C1(C(=O)O)C(C)(C)C1(C)C)C(=O)O. The van der Waals surface area contributed by atoms with Crippen LogP contribution >= 0.6 is 0 Å². The Labute approximate surface area is 112 Å². The van der Waals surface area contributed by atoms with Crippen LogP contribution in [0.2, 0.25) is 0 Å². The van der Waals surface area contributed by atoms with E-state index in [1.807, 2.05) is 0 Å². The van der Waals surface area contributed by atoms with Crippen molar-refractivity contribution in [2.24, 2.45) is 22.2 Å². The van der Waals surface area contributed by atoms with E-state index in [1.165, 1.54) is 6.92 Å². The van der Waals surface area contributed by atoms with Gasteiger partial charge in [0.2, 0.25) is 5.91 Å². The molecule has 0 aromatic rings. The zero-order valence-electron chi connectivity index (χ0n) is 11.9. The summed E-state index contributed by atoms with van der Waals surface area (Å²) in [4.78, 5) is 34.5. The lowest BCUT2D eigenvalue weighted by molar-refractivity contribution is -0.152. The average molecular weight is 271 g/mol. The van der Waals surface area contributed by atoms with Crippen molar-refractivity contribution in [1.82, 2.24) is 5.32 Å². The molecule has 0 saturated heterocycles. The number of carboxylic acid groups (broad SMARTS) is 2. The molecule has 1 fully saturated rings. The number of carbonyl (C=O) groups is 3. The van der Waals surface area contributed by atoms with Gasteiger partial charge >= 0.3 is 11.9 Å². The van der Waals surface area contributed by atoms with Gasteiger partial charge in [-0.25, -0.2) is 0 Å². The Hall–Kier alpha value is -1.59. The average Bonchev–Trinajstić information content (AvgIpc) is 2.61. The highest BCUT2D eigenvalue weighted by atomic mass is 16.4. The van der Waals surface area contributed by atoms with Crippen LogP contribution in [0.15, 0.2) is 0 Å². The third-order valence-electron chi connectivity index (χ3n) is 5.03. The van der Waals surface area contributed by atoms with Crippen molar-refractivity contribution in [3.05, 3.63) is 0 Å². The van der Waals surface area contributed by atoms with Crippen molar-refractivity contribution >= 4 is 17.8 Å².